The Morgan fingerprint density at radius 1 is 0.920 bits per heavy atom. The molecule has 1 atom stereocenters. The maximum absolute atomic E-state index is 12.3. The molecule has 0 spiro atoms. The third-order valence-electron chi connectivity index (χ3n) is 3.43. The fourth-order valence-electron chi connectivity index (χ4n) is 1.69. The minimum Gasteiger partial charge on any atom is -0.466 e. The van der Waals surface area contributed by atoms with E-state index in [1.54, 1.807) is 0 Å². The number of aliphatic hydroxyl groups is 1. The van der Waals surface area contributed by atoms with Crippen molar-refractivity contribution < 1.29 is 33.9 Å². The number of carbonyl (C=O) groups is 2. The monoisotopic (exact) mass is 360 g/mol. The van der Waals surface area contributed by atoms with Crippen LogP contribution in [0.1, 0.15) is 65.7 Å². The third-order valence-corrected chi connectivity index (χ3v) is 3.43. The zero-order valence-electron chi connectivity index (χ0n) is 15.7. The van der Waals surface area contributed by atoms with Crippen molar-refractivity contribution in [3.8, 4) is 0 Å². The maximum atomic E-state index is 12.3. The molecule has 1 N–H and O–H groups in total. The van der Waals surface area contributed by atoms with E-state index in [1.165, 1.54) is 0 Å². The normalized spacial score (nSPS) is 13.0. The summed E-state index contributed by atoms with van der Waals surface area (Å²) in [6, 6.07) is 0. The first-order chi connectivity index (χ1) is 11.9. The van der Waals surface area contributed by atoms with Crippen LogP contribution in [0.4, 0.5) is 0 Å². The number of hydrogen-bond donors (Lipinski definition) is 1. The van der Waals surface area contributed by atoms with Crippen LogP contribution >= 0.6 is 0 Å². The Labute approximate surface area is 150 Å². The minimum atomic E-state index is -2.34. The second kappa shape index (κ2) is 13.7. The van der Waals surface area contributed by atoms with Crippen molar-refractivity contribution in [2.75, 3.05) is 19.8 Å². The smallest absolute Gasteiger partial charge is 0.346 e. The number of hydrogen-bond acceptors (Lipinski definition) is 7. The second-order valence-corrected chi connectivity index (χ2v) is 5.78. The van der Waals surface area contributed by atoms with Crippen LogP contribution in [-0.2, 0) is 28.8 Å². The van der Waals surface area contributed by atoms with Crippen LogP contribution in [0, 0.1) is 0 Å². The van der Waals surface area contributed by atoms with E-state index in [0.29, 0.717) is 12.8 Å². The SMILES string of the molecule is C=C(OOCCCC)C(O)(CC(=O)OCCCC)C(=O)OCCCC. The van der Waals surface area contributed by atoms with Crippen LogP contribution in [0.15, 0.2) is 12.3 Å². The van der Waals surface area contributed by atoms with Crippen LogP contribution in [0.2, 0.25) is 0 Å². The van der Waals surface area contributed by atoms with Gasteiger partial charge in [-0.05, 0) is 19.3 Å². The van der Waals surface area contributed by atoms with E-state index >= 15 is 0 Å². The molecular weight excluding hydrogens is 328 g/mol. The molecule has 0 fully saturated rings. The van der Waals surface area contributed by atoms with Crippen LogP contribution in [0.5, 0.6) is 0 Å². The number of ether oxygens (including phenoxy) is 2. The van der Waals surface area contributed by atoms with Gasteiger partial charge in [-0.25, -0.2) is 4.79 Å². The molecular formula is C18H32O7. The Kier molecular flexibility index (Phi) is 12.8. The largest absolute Gasteiger partial charge is 0.466 e. The molecule has 0 radical (unpaired) electrons. The van der Waals surface area contributed by atoms with Crippen molar-refractivity contribution in [1.82, 2.24) is 0 Å². The minimum absolute atomic E-state index is 0.131. The molecule has 0 amide bonds. The van der Waals surface area contributed by atoms with Crippen molar-refractivity contribution in [1.29, 1.82) is 0 Å². The quantitative estimate of drug-likeness (QED) is 0.158. The zero-order chi connectivity index (χ0) is 19.1. The molecule has 0 bridgehead atoms. The summed E-state index contributed by atoms with van der Waals surface area (Å²) in [5, 5.41) is 10.7. The van der Waals surface area contributed by atoms with Crippen molar-refractivity contribution in [2.45, 2.75) is 71.3 Å². The van der Waals surface area contributed by atoms with E-state index in [0.717, 1.165) is 25.7 Å². The van der Waals surface area contributed by atoms with Crippen molar-refractivity contribution in [3.63, 3.8) is 0 Å². The van der Waals surface area contributed by atoms with Crippen LogP contribution in [0.25, 0.3) is 0 Å². The lowest BCUT2D eigenvalue weighted by Gasteiger charge is -2.25. The maximum Gasteiger partial charge on any atom is 0.346 e. The lowest BCUT2D eigenvalue weighted by molar-refractivity contribution is -0.280. The fraction of sp³-hybridized carbons (Fsp3) is 0.778. The molecule has 0 aromatic rings. The van der Waals surface area contributed by atoms with Crippen molar-refractivity contribution >= 4 is 11.9 Å². The van der Waals surface area contributed by atoms with Gasteiger partial charge >= 0.3 is 11.9 Å². The van der Waals surface area contributed by atoms with Crippen LogP contribution < -0.4 is 0 Å². The molecule has 0 saturated heterocycles. The Balaban J connectivity index is 4.85. The molecule has 1 unspecified atom stereocenters. The number of rotatable bonds is 15. The molecule has 0 heterocycles. The first-order valence-corrected chi connectivity index (χ1v) is 8.96. The fourth-order valence-corrected chi connectivity index (χ4v) is 1.69. The highest BCUT2D eigenvalue weighted by Gasteiger charge is 2.46. The number of unbranched alkanes of at least 4 members (excludes halogenated alkanes) is 3. The average Bonchev–Trinajstić information content (AvgIpc) is 2.58. The Hall–Kier alpha value is -1.60. The lowest BCUT2D eigenvalue weighted by atomic mass is 9.98. The highest BCUT2D eigenvalue weighted by molar-refractivity contribution is 5.88. The van der Waals surface area contributed by atoms with Crippen LogP contribution in [0.3, 0.4) is 0 Å². The predicted octanol–water partition coefficient (Wildman–Crippen LogP) is 3.06. The molecule has 0 aliphatic rings. The number of carbonyl (C=O) groups excluding carboxylic acids is 2. The zero-order valence-corrected chi connectivity index (χ0v) is 15.7. The van der Waals surface area contributed by atoms with Crippen LogP contribution in [-0.4, -0.2) is 42.5 Å². The van der Waals surface area contributed by atoms with E-state index in [1.807, 2.05) is 20.8 Å². The highest BCUT2D eigenvalue weighted by Crippen LogP contribution is 2.24. The first kappa shape index (κ1) is 23.4. The standard InChI is InChI=1S/C18H32O7/c1-5-8-11-22-16(19)14-18(21,17(20)23-12-9-6-2)15(4)25-24-13-10-7-3/h21H,4-14H2,1-3H3. The van der Waals surface area contributed by atoms with Gasteiger partial charge in [0.1, 0.15) is 0 Å². The molecule has 0 saturated carbocycles. The van der Waals surface area contributed by atoms with E-state index in [2.05, 4.69) is 6.58 Å². The predicted molar refractivity (Wildman–Crippen MR) is 92.4 cm³/mol. The van der Waals surface area contributed by atoms with Gasteiger partial charge in [0.2, 0.25) is 5.60 Å². The summed E-state index contributed by atoms with van der Waals surface area (Å²) in [6.45, 7) is 10.0. The van der Waals surface area contributed by atoms with Gasteiger partial charge in [0.25, 0.3) is 0 Å². The second-order valence-electron chi connectivity index (χ2n) is 5.78. The summed E-state index contributed by atoms with van der Waals surface area (Å²) in [5.74, 6) is -2.13. The Bertz CT molecular complexity index is 408. The Morgan fingerprint density at radius 2 is 1.44 bits per heavy atom. The van der Waals surface area contributed by atoms with Gasteiger partial charge in [0.05, 0.1) is 26.2 Å². The first-order valence-electron chi connectivity index (χ1n) is 8.96. The molecule has 0 rings (SSSR count). The van der Waals surface area contributed by atoms with E-state index in [9.17, 15) is 14.7 Å². The molecule has 0 aliphatic carbocycles. The lowest BCUT2D eigenvalue weighted by Crippen LogP contribution is -2.45. The molecule has 0 aromatic carbocycles. The van der Waals surface area contributed by atoms with Gasteiger partial charge in [0, 0.05) is 0 Å². The summed E-state index contributed by atoms with van der Waals surface area (Å²) < 4.78 is 10.0. The third kappa shape index (κ3) is 9.45. The highest BCUT2D eigenvalue weighted by atomic mass is 17.2. The average molecular weight is 360 g/mol. The van der Waals surface area contributed by atoms with Crippen molar-refractivity contribution in [2.24, 2.45) is 0 Å². The van der Waals surface area contributed by atoms with Crippen molar-refractivity contribution in [3.05, 3.63) is 12.3 Å². The summed E-state index contributed by atoms with van der Waals surface area (Å²) in [7, 11) is 0. The molecule has 0 aromatic heterocycles. The van der Waals surface area contributed by atoms with E-state index in [4.69, 9.17) is 19.2 Å². The summed E-state index contributed by atoms with van der Waals surface area (Å²) in [4.78, 5) is 34.0. The van der Waals surface area contributed by atoms with Gasteiger partial charge in [-0.2, -0.15) is 4.89 Å². The molecule has 0 aliphatic heterocycles. The summed E-state index contributed by atoms with van der Waals surface area (Å²) in [5.41, 5.74) is -2.34. The topological polar surface area (TPSA) is 91.3 Å². The molecule has 25 heavy (non-hydrogen) atoms. The Morgan fingerprint density at radius 3 is 2.00 bits per heavy atom. The van der Waals surface area contributed by atoms with Gasteiger partial charge in [0.15, 0.2) is 5.76 Å². The van der Waals surface area contributed by atoms with Gasteiger partial charge in [-0.1, -0.05) is 46.6 Å². The molecule has 7 heteroatoms. The molecule has 7 nitrogen and oxygen atoms in total. The van der Waals surface area contributed by atoms with Gasteiger partial charge in [-0.3, -0.25) is 4.79 Å². The molecule has 146 valence electrons. The number of esters is 2. The van der Waals surface area contributed by atoms with E-state index < -0.39 is 29.7 Å². The summed E-state index contributed by atoms with van der Waals surface area (Å²) in [6.07, 6.45) is 4.01. The van der Waals surface area contributed by atoms with Gasteiger partial charge < -0.3 is 19.5 Å². The van der Waals surface area contributed by atoms with E-state index in [-0.39, 0.29) is 19.8 Å². The summed E-state index contributed by atoms with van der Waals surface area (Å²) >= 11 is 0. The van der Waals surface area contributed by atoms with Gasteiger partial charge in [-0.15, -0.1) is 0 Å².